The van der Waals surface area contributed by atoms with Gasteiger partial charge in [0, 0.05) is 42.8 Å². The molecule has 0 unspecified atom stereocenters. The second-order valence-corrected chi connectivity index (χ2v) is 7.48. The van der Waals surface area contributed by atoms with Crippen LogP contribution in [-0.4, -0.2) is 46.2 Å². The zero-order valence-electron chi connectivity index (χ0n) is 12.5. The van der Waals surface area contributed by atoms with Crippen molar-refractivity contribution in [1.82, 2.24) is 9.80 Å². The number of carbonyl (C=O) groups excluding carboxylic acids is 1. The first-order chi connectivity index (χ1) is 10.3. The van der Waals surface area contributed by atoms with Crippen molar-refractivity contribution in [3.8, 4) is 6.19 Å². The van der Waals surface area contributed by atoms with Gasteiger partial charge in [-0.2, -0.15) is 5.26 Å². The second kappa shape index (κ2) is 6.56. The van der Waals surface area contributed by atoms with Crippen LogP contribution in [0, 0.1) is 23.3 Å². The third kappa shape index (κ3) is 2.79. The molecular formula is C16H24BrN3O. The summed E-state index contributed by atoms with van der Waals surface area (Å²) in [4.78, 5) is 16.5. The molecule has 0 aromatic carbocycles. The van der Waals surface area contributed by atoms with Crippen LogP contribution in [0.3, 0.4) is 0 Å². The van der Waals surface area contributed by atoms with Crippen LogP contribution >= 0.6 is 15.9 Å². The maximum absolute atomic E-state index is 12.3. The Balaban J connectivity index is 1.85. The standard InChI is InChI=1S/C16H24BrN3O/c17-8-2-4-12-10-20-14(6-1-7-15(20)21)13-5-3-9-19(11-18)16(12)13/h12-14,16H,1-10H2/t12-,13-,14-,16-/m0/s1. The zero-order valence-corrected chi connectivity index (χ0v) is 14.1. The molecule has 0 radical (unpaired) electrons. The highest BCUT2D eigenvalue weighted by molar-refractivity contribution is 9.09. The molecule has 0 aromatic heterocycles. The van der Waals surface area contributed by atoms with Gasteiger partial charge in [-0.3, -0.25) is 4.79 Å². The Morgan fingerprint density at radius 1 is 1.33 bits per heavy atom. The normalized spacial score (nSPS) is 35.9. The summed E-state index contributed by atoms with van der Waals surface area (Å²) in [5.74, 6) is 1.32. The number of fused-ring (bicyclic) bond motifs is 3. The maximum atomic E-state index is 12.3. The van der Waals surface area contributed by atoms with Crippen LogP contribution in [0.2, 0.25) is 0 Å². The fourth-order valence-electron chi connectivity index (χ4n) is 4.78. The molecule has 0 spiro atoms. The van der Waals surface area contributed by atoms with Crippen LogP contribution in [0.25, 0.3) is 0 Å². The number of nitrogens with zero attached hydrogens (tertiary/aromatic N) is 3. The van der Waals surface area contributed by atoms with Crippen LogP contribution < -0.4 is 0 Å². The van der Waals surface area contributed by atoms with E-state index in [1.807, 2.05) is 4.90 Å². The van der Waals surface area contributed by atoms with Crippen LogP contribution in [-0.2, 0) is 4.79 Å². The van der Waals surface area contributed by atoms with Crippen molar-refractivity contribution in [1.29, 1.82) is 5.26 Å². The SMILES string of the molecule is N#CN1CCC[C@@H]2[C@@H]1[C@@H](CCCBr)CN1C(=O)CCC[C@@H]21. The van der Waals surface area contributed by atoms with E-state index in [9.17, 15) is 10.1 Å². The quantitative estimate of drug-likeness (QED) is 0.578. The molecule has 5 heteroatoms. The van der Waals surface area contributed by atoms with Gasteiger partial charge < -0.3 is 9.80 Å². The lowest BCUT2D eigenvalue weighted by Gasteiger charge is -2.55. The number of alkyl halides is 1. The topological polar surface area (TPSA) is 47.3 Å². The number of halogens is 1. The van der Waals surface area contributed by atoms with Gasteiger partial charge in [0.25, 0.3) is 0 Å². The van der Waals surface area contributed by atoms with Gasteiger partial charge in [-0.1, -0.05) is 15.9 Å². The Hall–Kier alpha value is -0.760. The molecule has 0 saturated carbocycles. The molecule has 0 aliphatic carbocycles. The highest BCUT2D eigenvalue weighted by atomic mass is 79.9. The zero-order chi connectivity index (χ0) is 14.8. The van der Waals surface area contributed by atoms with E-state index in [4.69, 9.17) is 0 Å². The van der Waals surface area contributed by atoms with Crippen molar-refractivity contribution in [2.45, 2.75) is 57.0 Å². The van der Waals surface area contributed by atoms with Crippen molar-refractivity contribution < 1.29 is 4.79 Å². The fraction of sp³-hybridized carbons (Fsp3) is 0.875. The van der Waals surface area contributed by atoms with Crippen molar-refractivity contribution in [2.75, 3.05) is 18.4 Å². The first-order valence-electron chi connectivity index (χ1n) is 8.28. The fourth-order valence-corrected chi connectivity index (χ4v) is 5.10. The lowest BCUT2D eigenvalue weighted by atomic mass is 9.69. The lowest BCUT2D eigenvalue weighted by Crippen LogP contribution is -2.64. The monoisotopic (exact) mass is 353 g/mol. The average molecular weight is 354 g/mol. The van der Waals surface area contributed by atoms with Crippen LogP contribution in [0.1, 0.15) is 44.9 Å². The molecule has 4 atom stereocenters. The predicted molar refractivity (Wildman–Crippen MR) is 84.7 cm³/mol. The van der Waals surface area contributed by atoms with Crippen molar-refractivity contribution in [2.24, 2.45) is 11.8 Å². The molecule has 0 aromatic rings. The van der Waals surface area contributed by atoms with E-state index in [1.165, 1.54) is 6.42 Å². The van der Waals surface area contributed by atoms with E-state index < -0.39 is 0 Å². The second-order valence-electron chi connectivity index (χ2n) is 6.69. The molecule has 1 amide bonds. The van der Waals surface area contributed by atoms with E-state index in [0.717, 1.165) is 56.9 Å². The van der Waals surface area contributed by atoms with E-state index in [2.05, 4.69) is 27.0 Å². The minimum atomic E-state index is 0.350. The molecule has 3 heterocycles. The molecule has 0 bridgehead atoms. The summed E-state index contributed by atoms with van der Waals surface area (Å²) in [7, 11) is 0. The molecule has 3 rings (SSSR count). The third-order valence-electron chi connectivity index (χ3n) is 5.59. The van der Waals surface area contributed by atoms with Gasteiger partial charge in [0.15, 0.2) is 6.19 Å². The largest absolute Gasteiger partial charge is 0.339 e. The van der Waals surface area contributed by atoms with E-state index in [0.29, 0.717) is 29.8 Å². The number of likely N-dealkylation sites (tertiary alicyclic amines) is 1. The Bertz CT molecular complexity index is 436. The number of rotatable bonds is 3. The Morgan fingerprint density at radius 3 is 2.95 bits per heavy atom. The van der Waals surface area contributed by atoms with Gasteiger partial charge in [0.1, 0.15) is 0 Å². The number of amides is 1. The maximum Gasteiger partial charge on any atom is 0.222 e. The molecule has 3 aliphatic heterocycles. The van der Waals surface area contributed by atoms with Gasteiger partial charge in [0.05, 0.1) is 0 Å². The molecule has 21 heavy (non-hydrogen) atoms. The van der Waals surface area contributed by atoms with Gasteiger partial charge in [0.2, 0.25) is 5.91 Å². The summed E-state index contributed by atoms with van der Waals surface area (Å²) in [6.45, 7) is 1.78. The summed E-state index contributed by atoms with van der Waals surface area (Å²) < 4.78 is 0. The van der Waals surface area contributed by atoms with E-state index in [1.54, 1.807) is 0 Å². The number of nitriles is 1. The molecule has 0 N–H and O–H groups in total. The Kier molecular flexibility index (Phi) is 4.73. The van der Waals surface area contributed by atoms with Crippen LogP contribution in [0.5, 0.6) is 0 Å². The van der Waals surface area contributed by atoms with E-state index >= 15 is 0 Å². The van der Waals surface area contributed by atoms with E-state index in [-0.39, 0.29) is 0 Å². The Labute approximate surface area is 135 Å². The van der Waals surface area contributed by atoms with Gasteiger partial charge in [-0.25, -0.2) is 0 Å². The minimum Gasteiger partial charge on any atom is -0.339 e. The summed E-state index contributed by atoms with van der Waals surface area (Å²) in [5, 5.41) is 10.5. The molecule has 3 saturated heterocycles. The number of hydrogen-bond acceptors (Lipinski definition) is 3. The summed E-state index contributed by atoms with van der Waals surface area (Å²) >= 11 is 3.52. The predicted octanol–water partition coefficient (Wildman–Crippen LogP) is 2.73. The molecule has 3 aliphatic rings. The number of hydrogen-bond donors (Lipinski definition) is 0. The molecular weight excluding hydrogens is 330 g/mol. The van der Waals surface area contributed by atoms with Crippen molar-refractivity contribution in [3.63, 3.8) is 0 Å². The highest BCUT2D eigenvalue weighted by Crippen LogP contribution is 2.42. The van der Waals surface area contributed by atoms with Gasteiger partial charge in [-0.15, -0.1) is 0 Å². The molecule has 3 fully saturated rings. The summed E-state index contributed by atoms with van der Waals surface area (Å²) in [5.41, 5.74) is 0. The van der Waals surface area contributed by atoms with Crippen LogP contribution in [0.15, 0.2) is 0 Å². The first kappa shape index (κ1) is 15.1. The number of carbonyl (C=O) groups is 1. The van der Waals surface area contributed by atoms with Crippen molar-refractivity contribution in [3.05, 3.63) is 0 Å². The highest BCUT2D eigenvalue weighted by Gasteiger charge is 2.49. The minimum absolute atomic E-state index is 0.350. The Morgan fingerprint density at radius 2 is 2.19 bits per heavy atom. The van der Waals surface area contributed by atoms with Gasteiger partial charge >= 0.3 is 0 Å². The summed E-state index contributed by atoms with van der Waals surface area (Å²) in [6, 6.07) is 0.766. The third-order valence-corrected chi connectivity index (χ3v) is 6.15. The van der Waals surface area contributed by atoms with Gasteiger partial charge in [-0.05, 0) is 44.4 Å². The van der Waals surface area contributed by atoms with Crippen molar-refractivity contribution >= 4 is 21.8 Å². The number of piperidine rings is 3. The average Bonchev–Trinajstić information content (AvgIpc) is 2.52. The first-order valence-corrected chi connectivity index (χ1v) is 9.40. The lowest BCUT2D eigenvalue weighted by molar-refractivity contribution is -0.146. The smallest absolute Gasteiger partial charge is 0.222 e. The van der Waals surface area contributed by atoms with Crippen LogP contribution in [0.4, 0.5) is 0 Å². The molecule has 4 nitrogen and oxygen atoms in total. The molecule has 116 valence electrons. The summed E-state index contributed by atoms with van der Waals surface area (Å²) in [6.07, 6.45) is 9.84.